The minimum atomic E-state index is -1.52. The molecule has 0 atom stereocenters. The molecule has 180 valence electrons. The first-order valence-corrected chi connectivity index (χ1v) is 10.3. The number of imidazole rings is 2. The largest absolute Gasteiger partial charge is 2.00 e. The molecule has 0 radical (unpaired) electrons. The van der Waals surface area contributed by atoms with Crippen molar-refractivity contribution in [2.75, 3.05) is 0 Å². The summed E-state index contributed by atoms with van der Waals surface area (Å²) in [4.78, 5) is 17.8. The Labute approximate surface area is 213 Å². The van der Waals surface area contributed by atoms with Crippen LogP contribution in [0.5, 0.6) is 0 Å². The first-order chi connectivity index (χ1) is 16.0. The average molecular weight is 659 g/mol. The SMILES string of the molecule is [C-]#[N+]c1c(F)c2[c-]c(c1F)C(C)(C)c1[c-]c(c(F)cc1F)-c1nc(c[nH]1)C(C)(C)c1c[nH]c-2n1.[Pt+2]. The number of hydrogen-bond donors (Lipinski definition) is 2. The maximum absolute atomic E-state index is 15.4. The van der Waals surface area contributed by atoms with Crippen LogP contribution in [0.4, 0.5) is 23.2 Å². The number of H-pyrrole nitrogens is 2. The number of aromatic amines is 2. The van der Waals surface area contributed by atoms with E-state index in [1.807, 2.05) is 13.8 Å². The van der Waals surface area contributed by atoms with Crippen LogP contribution >= 0.6 is 0 Å². The van der Waals surface area contributed by atoms with Crippen molar-refractivity contribution in [3.63, 3.8) is 0 Å². The molecule has 2 N–H and O–H groups in total. The van der Waals surface area contributed by atoms with Crippen LogP contribution in [-0.4, -0.2) is 19.9 Å². The van der Waals surface area contributed by atoms with Crippen LogP contribution in [0.15, 0.2) is 18.5 Å². The van der Waals surface area contributed by atoms with Gasteiger partial charge in [0.05, 0.1) is 35.0 Å². The van der Waals surface area contributed by atoms with Crippen molar-refractivity contribution >= 4 is 5.69 Å². The van der Waals surface area contributed by atoms with Gasteiger partial charge in [0, 0.05) is 35.7 Å². The predicted octanol–water partition coefficient (Wildman–Crippen LogP) is 6.14. The second-order valence-electron chi connectivity index (χ2n) is 9.20. The topological polar surface area (TPSA) is 61.7 Å². The van der Waals surface area contributed by atoms with E-state index in [0.717, 1.165) is 0 Å². The quantitative estimate of drug-likeness (QED) is 0.176. The summed E-state index contributed by atoms with van der Waals surface area (Å²) in [5.41, 5.74) is -3.09. The Bertz CT molecular complexity index is 1530. The Morgan fingerprint density at radius 3 is 1.91 bits per heavy atom. The molecule has 5 rings (SSSR count). The summed E-state index contributed by atoms with van der Waals surface area (Å²) in [6.07, 6.45) is 3.13. The number of nitrogens with zero attached hydrogens (tertiary/aromatic N) is 3. The molecule has 8 bridgehead atoms. The Kier molecular flexibility index (Phi) is 5.80. The second-order valence-corrected chi connectivity index (χ2v) is 9.20. The van der Waals surface area contributed by atoms with Gasteiger partial charge in [0.2, 0.25) is 0 Å². The van der Waals surface area contributed by atoms with Crippen molar-refractivity contribution in [3.8, 4) is 22.8 Å². The van der Waals surface area contributed by atoms with E-state index in [-0.39, 0.29) is 55.0 Å². The van der Waals surface area contributed by atoms with E-state index in [0.29, 0.717) is 17.5 Å². The van der Waals surface area contributed by atoms with Gasteiger partial charge in [-0.3, -0.25) is 32.4 Å². The maximum Gasteiger partial charge on any atom is 2.00 e. The number of aromatic nitrogens is 4. The molecule has 2 aromatic carbocycles. The first kappa shape index (κ1) is 24.9. The Hall–Kier alpha value is -3.24. The molecule has 4 aromatic rings. The minimum absolute atomic E-state index is 0. The number of nitrogens with one attached hydrogen (secondary N) is 2. The van der Waals surface area contributed by atoms with Crippen LogP contribution in [0.25, 0.3) is 27.6 Å². The van der Waals surface area contributed by atoms with E-state index in [1.54, 1.807) is 12.4 Å². The third-order valence-corrected chi connectivity index (χ3v) is 6.36. The second kappa shape index (κ2) is 8.16. The molecule has 35 heavy (non-hydrogen) atoms. The molecule has 10 heteroatoms. The van der Waals surface area contributed by atoms with Gasteiger partial charge in [-0.15, -0.1) is 12.1 Å². The van der Waals surface area contributed by atoms with E-state index in [4.69, 9.17) is 6.57 Å². The summed E-state index contributed by atoms with van der Waals surface area (Å²) in [5, 5.41) is 0. The molecule has 0 saturated heterocycles. The number of hydrogen-bond acceptors (Lipinski definition) is 2. The smallest absolute Gasteiger partial charge is 0.384 e. The van der Waals surface area contributed by atoms with E-state index < -0.39 is 39.8 Å². The van der Waals surface area contributed by atoms with Crippen LogP contribution in [0.3, 0.4) is 0 Å². The van der Waals surface area contributed by atoms with Gasteiger partial charge >= 0.3 is 21.1 Å². The fourth-order valence-electron chi connectivity index (χ4n) is 4.18. The van der Waals surface area contributed by atoms with Crippen LogP contribution in [-0.2, 0) is 31.9 Å². The molecular formula is C25H17F4N5Pt. The molecule has 1 aliphatic heterocycles. The Morgan fingerprint density at radius 1 is 0.800 bits per heavy atom. The standard InChI is InChI=1S/C25H17F4N5.Pt/c1-24(2)13-6-11(15(26)8-16(13)27)22-31-9-17(33-22)25(3,4)18-10-32-23(34-18)12-7-14(24)20(29)21(30-5)19(12)28;/h8-10H,1-4H3,(H,31,33)(H,32,34);/q-2;+2. The summed E-state index contributed by atoms with van der Waals surface area (Å²) in [7, 11) is 0. The van der Waals surface area contributed by atoms with Gasteiger partial charge in [-0.25, -0.2) is 0 Å². The van der Waals surface area contributed by atoms with Gasteiger partial charge in [0.15, 0.2) is 5.69 Å². The number of rotatable bonds is 0. The first-order valence-electron chi connectivity index (χ1n) is 10.3. The average Bonchev–Trinajstić information content (AvgIpc) is 3.44. The van der Waals surface area contributed by atoms with Crippen LogP contribution in [0.2, 0.25) is 0 Å². The van der Waals surface area contributed by atoms with Crippen molar-refractivity contribution in [1.82, 2.24) is 19.9 Å². The zero-order valence-electron chi connectivity index (χ0n) is 18.9. The molecule has 0 aliphatic carbocycles. The molecule has 2 aromatic heterocycles. The van der Waals surface area contributed by atoms with Crippen LogP contribution < -0.4 is 0 Å². The fourth-order valence-corrected chi connectivity index (χ4v) is 4.18. The molecule has 0 spiro atoms. The maximum atomic E-state index is 15.4. The van der Waals surface area contributed by atoms with E-state index in [2.05, 4.69) is 36.9 Å². The monoisotopic (exact) mass is 658 g/mol. The predicted molar refractivity (Wildman–Crippen MR) is 116 cm³/mol. The minimum Gasteiger partial charge on any atom is -0.384 e. The molecule has 3 heterocycles. The van der Waals surface area contributed by atoms with Crippen molar-refractivity contribution in [2.45, 2.75) is 38.5 Å². The molecule has 0 amide bonds. The third-order valence-electron chi connectivity index (χ3n) is 6.36. The van der Waals surface area contributed by atoms with E-state index >= 15 is 13.2 Å². The normalized spacial score (nSPS) is 15.1. The Morgan fingerprint density at radius 2 is 1.34 bits per heavy atom. The molecule has 0 saturated carbocycles. The zero-order chi connectivity index (χ0) is 24.6. The van der Waals surface area contributed by atoms with Gasteiger partial charge in [-0.2, -0.15) is 0 Å². The molecular weight excluding hydrogens is 641 g/mol. The summed E-state index contributed by atoms with van der Waals surface area (Å²) >= 11 is 0. The van der Waals surface area contributed by atoms with Gasteiger partial charge in [-0.05, 0) is 19.3 Å². The van der Waals surface area contributed by atoms with Crippen molar-refractivity contribution < 1.29 is 38.6 Å². The van der Waals surface area contributed by atoms with Gasteiger partial charge in [0.25, 0.3) is 0 Å². The van der Waals surface area contributed by atoms with Crippen molar-refractivity contribution in [2.24, 2.45) is 0 Å². The Balaban J connectivity index is 0.00000289. The van der Waals surface area contributed by atoms with Crippen molar-refractivity contribution in [1.29, 1.82) is 0 Å². The summed E-state index contributed by atoms with van der Waals surface area (Å²) in [6.45, 7) is 13.9. The summed E-state index contributed by atoms with van der Waals surface area (Å²) in [6, 6.07) is 6.07. The number of fused-ring (bicyclic) bond motifs is 10. The molecule has 0 fully saturated rings. The zero-order valence-corrected chi connectivity index (χ0v) is 21.2. The molecule has 5 nitrogen and oxygen atoms in total. The van der Waals surface area contributed by atoms with E-state index in [9.17, 15) is 4.39 Å². The van der Waals surface area contributed by atoms with E-state index in [1.165, 1.54) is 13.8 Å². The van der Waals surface area contributed by atoms with Crippen molar-refractivity contribution in [3.05, 3.63) is 87.8 Å². The van der Waals surface area contributed by atoms with Gasteiger partial charge < -0.3 is 9.97 Å². The van der Waals surface area contributed by atoms with Gasteiger partial charge in [0.1, 0.15) is 0 Å². The fraction of sp³-hybridized carbons (Fsp3) is 0.240. The van der Waals surface area contributed by atoms with Crippen LogP contribution in [0, 0.1) is 42.0 Å². The summed E-state index contributed by atoms with van der Waals surface area (Å²) in [5.74, 6) is -4.07. The number of halogens is 4. The van der Waals surface area contributed by atoms with Gasteiger partial charge in [-0.1, -0.05) is 42.2 Å². The third kappa shape index (κ3) is 3.54. The molecule has 0 unspecified atom stereocenters. The van der Waals surface area contributed by atoms with Crippen LogP contribution in [0.1, 0.15) is 50.2 Å². The summed E-state index contributed by atoms with van der Waals surface area (Å²) < 4.78 is 60.5. The number of benzene rings is 2. The molecule has 1 aliphatic rings.